The largest absolute Gasteiger partial charge is 0.490 e. The minimum Gasteiger partial charge on any atom is -0.490 e. The first-order valence-electron chi connectivity index (χ1n) is 11.2. The lowest BCUT2D eigenvalue weighted by Crippen LogP contribution is -2.23. The van der Waals surface area contributed by atoms with Gasteiger partial charge in [-0.25, -0.2) is 9.79 Å². The molecule has 3 aromatic carbocycles. The number of carbonyl (C=O) groups is 2. The van der Waals surface area contributed by atoms with Crippen molar-refractivity contribution in [3.05, 3.63) is 91.8 Å². The van der Waals surface area contributed by atoms with Gasteiger partial charge in [-0.05, 0) is 100 Å². The molecule has 1 aliphatic heterocycles. The third-order valence-corrected chi connectivity index (χ3v) is 7.13. The zero-order valence-corrected chi connectivity index (χ0v) is 23.1. The highest BCUT2D eigenvalue weighted by atomic mass is 79.9. The Morgan fingerprint density at radius 3 is 2.59 bits per heavy atom. The molecule has 0 unspecified atom stereocenters. The summed E-state index contributed by atoms with van der Waals surface area (Å²) in [6.07, 6.45) is 1.77. The average molecular weight is 602 g/mol. The van der Waals surface area contributed by atoms with Gasteiger partial charge in [0.2, 0.25) is 0 Å². The molecule has 0 aromatic heterocycles. The van der Waals surface area contributed by atoms with E-state index >= 15 is 0 Å². The van der Waals surface area contributed by atoms with Crippen LogP contribution in [0.5, 0.6) is 11.5 Å². The van der Waals surface area contributed by atoms with Crippen molar-refractivity contribution in [1.29, 1.82) is 0 Å². The van der Waals surface area contributed by atoms with Crippen molar-refractivity contribution in [2.24, 2.45) is 4.99 Å². The van der Waals surface area contributed by atoms with E-state index < -0.39 is 5.97 Å². The molecule has 10 heteroatoms. The molecule has 0 aliphatic carbocycles. The molecule has 4 rings (SSSR count). The second-order valence-corrected chi connectivity index (χ2v) is 10.2. The Labute approximate surface area is 231 Å². The molecule has 0 atom stereocenters. The van der Waals surface area contributed by atoms with Gasteiger partial charge < -0.3 is 14.6 Å². The van der Waals surface area contributed by atoms with Gasteiger partial charge in [0.25, 0.3) is 5.91 Å². The van der Waals surface area contributed by atoms with E-state index in [9.17, 15) is 9.59 Å². The van der Waals surface area contributed by atoms with Gasteiger partial charge in [0.05, 0.1) is 27.2 Å². The van der Waals surface area contributed by atoms with Gasteiger partial charge >= 0.3 is 5.97 Å². The number of rotatable bonds is 8. The highest BCUT2D eigenvalue weighted by Gasteiger charge is 2.30. The first-order valence-corrected chi connectivity index (χ1v) is 13.2. The molecule has 3 aromatic rings. The molecule has 7 nitrogen and oxygen atoms in total. The Morgan fingerprint density at radius 1 is 1.16 bits per heavy atom. The molecule has 1 fully saturated rings. The molecular formula is C27H22BrClN2O5S. The molecule has 0 saturated carbocycles. The predicted molar refractivity (Wildman–Crippen MR) is 150 cm³/mol. The average Bonchev–Trinajstić information content (AvgIpc) is 3.11. The number of hydrogen-bond donors (Lipinski definition) is 1. The van der Waals surface area contributed by atoms with Gasteiger partial charge in [0, 0.05) is 12.1 Å². The van der Waals surface area contributed by atoms with Gasteiger partial charge in [0.1, 0.15) is 6.61 Å². The summed E-state index contributed by atoms with van der Waals surface area (Å²) in [4.78, 5) is 30.4. The number of benzene rings is 3. The fraction of sp³-hybridized carbons (Fsp3) is 0.148. The number of carboxylic acids is 1. The number of halogens is 2. The summed E-state index contributed by atoms with van der Waals surface area (Å²) in [6, 6.07) is 17.3. The summed E-state index contributed by atoms with van der Waals surface area (Å²) in [6.45, 7) is 2.64. The zero-order chi connectivity index (χ0) is 26.5. The number of thioether (sulfide) groups is 1. The Morgan fingerprint density at radius 2 is 1.92 bits per heavy atom. The van der Waals surface area contributed by atoms with Crippen LogP contribution in [0, 0.1) is 0 Å². The van der Waals surface area contributed by atoms with Crippen LogP contribution < -0.4 is 9.47 Å². The van der Waals surface area contributed by atoms with Crippen molar-refractivity contribution < 1.29 is 24.2 Å². The Balaban J connectivity index is 1.57. The summed E-state index contributed by atoms with van der Waals surface area (Å²) in [5, 5.41) is 10.2. The Kier molecular flexibility index (Phi) is 8.58. The molecule has 1 aliphatic rings. The lowest BCUT2D eigenvalue weighted by Gasteiger charge is -2.15. The number of carboxylic acid groups (broad SMARTS) is 1. The van der Waals surface area contributed by atoms with Crippen LogP contribution in [0.1, 0.15) is 28.4 Å². The van der Waals surface area contributed by atoms with Gasteiger partial charge in [-0.2, -0.15) is 0 Å². The maximum atomic E-state index is 12.9. The van der Waals surface area contributed by atoms with Crippen molar-refractivity contribution in [2.75, 3.05) is 13.7 Å². The molecule has 1 N–H and O–H groups in total. The van der Waals surface area contributed by atoms with E-state index in [1.807, 2.05) is 37.3 Å². The van der Waals surface area contributed by atoms with Gasteiger partial charge in [-0.1, -0.05) is 23.7 Å². The van der Waals surface area contributed by atoms with Crippen molar-refractivity contribution >= 4 is 68.1 Å². The third kappa shape index (κ3) is 6.54. The molecule has 1 saturated heterocycles. The van der Waals surface area contributed by atoms with E-state index in [-0.39, 0.29) is 11.5 Å². The summed E-state index contributed by atoms with van der Waals surface area (Å²) in [5.74, 6) is -0.104. The van der Waals surface area contributed by atoms with Crippen LogP contribution in [-0.4, -0.2) is 40.7 Å². The quantitative estimate of drug-likeness (QED) is 0.279. The molecule has 0 bridgehead atoms. The number of likely N-dealkylation sites (N-methyl/N-ethyl adjacent to an activating group) is 1. The van der Waals surface area contributed by atoms with Crippen LogP contribution in [0.4, 0.5) is 5.69 Å². The minimum absolute atomic E-state index is 0.170. The van der Waals surface area contributed by atoms with E-state index in [0.29, 0.717) is 50.0 Å². The smallest absolute Gasteiger partial charge is 0.335 e. The Bertz CT molecular complexity index is 1410. The van der Waals surface area contributed by atoms with Crippen molar-refractivity contribution in [1.82, 2.24) is 4.90 Å². The summed E-state index contributed by atoms with van der Waals surface area (Å²) in [5.41, 5.74) is 2.40. The first kappa shape index (κ1) is 26.8. The number of hydrogen-bond acceptors (Lipinski definition) is 6. The third-order valence-electron chi connectivity index (χ3n) is 5.24. The van der Waals surface area contributed by atoms with Gasteiger partial charge in [0.15, 0.2) is 16.7 Å². The van der Waals surface area contributed by atoms with E-state index in [2.05, 4.69) is 20.9 Å². The van der Waals surface area contributed by atoms with Crippen molar-refractivity contribution in [2.45, 2.75) is 13.5 Å². The molecule has 1 amide bonds. The summed E-state index contributed by atoms with van der Waals surface area (Å²) >= 11 is 10.9. The first-order chi connectivity index (χ1) is 17.7. The maximum Gasteiger partial charge on any atom is 0.335 e. The van der Waals surface area contributed by atoms with Crippen molar-refractivity contribution in [3.63, 3.8) is 0 Å². The number of nitrogens with zero attached hydrogens (tertiary/aromatic N) is 2. The fourth-order valence-corrected chi connectivity index (χ4v) is 5.22. The number of ether oxygens (including phenoxy) is 2. The van der Waals surface area contributed by atoms with E-state index in [1.54, 1.807) is 31.3 Å². The summed E-state index contributed by atoms with van der Waals surface area (Å²) < 4.78 is 12.6. The van der Waals surface area contributed by atoms with Crippen LogP contribution >= 0.6 is 39.3 Å². The number of aliphatic imine (C=N–C) groups is 1. The second-order valence-electron chi connectivity index (χ2n) is 7.90. The van der Waals surface area contributed by atoms with Crippen LogP contribution in [0.15, 0.2) is 75.0 Å². The monoisotopic (exact) mass is 600 g/mol. The molecule has 37 heavy (non-hydrogen) atoms. The minimum atomic E-state index is -1.01. The van der Waals surface area contributed by atoms with Gasteiger partial charge in [-0.3, -0.25) is 9.69 Å². The normalized spacial score (nSPS) is 15.5. The van der Waals surface area contributed by atoms with Crippen LogP contribution in [0.3, 0.4) is 0 Å². The Hall–Kier alpha value is -3.27. The highest BCUT2D eigenvalue weighted by Crippen LogP contribution is 2.40. The van der Waals surface area contributed by atoms with Crippen LogP contribution in [0.2, 0.25) is 5.02 Å². The van der Waals surface area contributed by atoms with E-state index in [4.69, 9.17) is 26.2 Å². The highest BCUT2D eigenvalue weighted by molar-refractivity contribution is 9.10. The lowest BCUT2D eigenvalue weighted by atomic mass is 10.1. The molecular weight excluding hydrogens is 580 g/mol. The molecule has 190 valence electrons. The van der Waals surface area contributed by atoms with Crippen molar-refractivity contribution in [3.8, 4) is 11.5 Å². The fourth-order valence-electron chi connectivity index (χ4n) is 3.45. The number of aromatic carboxylic acids is 1. The number of carbonyl (C=O) groups excluding carboxylic acids is 1. The van der Waals surface area contributed by atoms with E-state index in [0.717, 1.165) is 11.1 Å². The topological polar surface area (TPSA) is 88.4 Å². The summed E-state index contributed by atoms with van der Waals surface area (Å²) in [7, 11) is 1.65. The molecule has 0 spiro atoms. The molecule has 1 heterocycles. The van der Waals surface area contributed by atoms with Crippen LogP contribution in [-0.2, 0) is 11.4 Å². The maximum absolute atomic E-state index is 12.9. The number of amidine groups is 1. The predicted octanol–water partition coefficient (Wildman–Crippen LogP) is 7.01. The second kappa shape index (κ2) is 11.9. The number of amides is 1. The van der Waals surface area contributed by atoms with Crippen LogP contribution in [0.25, 0.3) is 6.08 Å². The lowest BCUT2D eigenvalue weighted by molar-refractivity contribution is -0.121. The SMILES string of the molecule is CCOc1cc(C=C2SC(=Nc3ccc(C(=O)O)cc3)N(C)C2=O)cc(Br)c1OCc1cccc(Cl)c1. The standard InChI is InChI=1S/C27H22BrClN2O5S/c1-3-35-22-13-17(12-21(28)24(22)36-15-16-5-4-6-19(29)11-16)14-23-25(32)31(2)27(37-23)30-20-9-7-18(8-10-20)26(33)34/h4-14H,3,15H2,1-2H3,(H,33,34). The van der Waals surface area contributed by atoms with Gasteiger partial charge in [-0.15, -0.1) is 0 Å². The zero-order valence-electron chi connectivity index (χ0n) is 19.9. The molecule has 0 radical (unpaired) electrons. The van der Waals surface area contributed by atoms with E-state index in [1.165, 1.54) is 28.8 Å².